The van der Waals surface area contributed by atoms with Gasteiger partial charge in [-0.1, -0.05) is 11.6 Å². The number of anilines is 1. The smallest absolute Gasteiger partial charge is 0.416 e. The van der Waals surface area contributed by atoms with Crippen LogP contribution in [0.1, 0.15) is 18.4 Å². The molecule has 1 saturated carbocycles. The zero-order valence-corrected chi connectivity index (χ0v) is 17.8. The average Bonchev–Trinajstić information content (AvgIpc) is 3.49. The summed E-state index contributed by atoms with van der Waals surface area (Å²) < 4.78 is 51.2. The topological polar surface area (TPSA) is 78.1 Å². The lowest BCUT2D eigenvalue weighted by Crippen LogP contribution is -2.68. The molecular weight excluding hydrogens is 451 g/mol. The van der Waals surface area contributed by atoms with E-state index in [2.05, 4.69) is 21.0 Å². The Bertz CT molecular complexity index is 934. The van der Waals surface area contributed by atoms with Crippen LogP contribution in [0.4, 0.5) is 18.9 Å². The lowest BCUT2D eigenvalue weighted by molar-refractivity contribution is -0.137. The number of fused-ring (bicyclic) bond motifs is 1. The van der Waals surface area contributed by atoms with Crippen molar-refractivity contribution in [3.8, 4) is 5.75 Å². The summed E-state index contributed by atoms with van der Waals surface area (Å²) in [5.74, 6) is 0.0824. The third kappa shape index (κ3) is 4.40. The number of hydrogen-bond donors (Lipinski definition) is 3. The standard InChI is InChI=1S/C20H23ClF3N5O3/c21-14-7-12(20(22,23)24)8-15(32-10-11-1-2-11)16(14)29-9-13-17(27-29)25-19(26-18(13)30)28-3-5-31-6-4-28/h7-9,11,17,19,25,27H,1-6,10H2,(H,26,30). The Hall–Kier alpha value is -2.05. The first-order chi connectivity index (χ1) is 15.3. The molecule has 2 saturated heterocycles. The molecule has 0 aromatic heterocycles. The lowest BCUT2D eigenvalue weighted by atomic mass is 10.1. The number of alkyl halides is 3. The van der Waals surface area contributed by atoms with Crippen molar-refractivity contribution in [3.63, 3.8) is 0 Å². The molecule has 32 heavy (non-hydrogen) atoms. The summed E-state index contributed by atoms with van der Waals surface area (Å²) in [5, 5.41) is 7.54. The van der Waals surface area contributed by atoms with Crippen molar-refractivity contribution in [1.82, 2.24) is 21.0 Å². The van der Waals surface area contributed by atoms with Gasteiger partial charge in [-0.25, -0.2) is 5.43 Å². The van der Waals surface area contributed by atoms with E-state index in [4.69, 9.17) is 21.1 Å². The Morgan fingerprint density at radius 3 is 2.66 bits per heavy atom. The second-order valence-corrected chi connectivity index (χ2v) is 8.67. The van der Waals surface area contributed by atoms with E-state index in [-0.39, 0.29) is 22.4 Å². The van der Waals surface area contributed by atoms with Crippen LogP contribution in [0.15, 0.2) is 23.9 Å². The second-order valence-electron chi connectivity index (χ2n) is 8.26. The first kappa shape index (κ1) is 21.8. The zero-order valence-electron chi connectivity index (χ0n) is 17.0. The molecule has 1 amide bonds. The van der Waals surface area contributed by atoms with Crippen LogP contribution in [0.3, 0.4) is 0 Å². The van der Waals surface area contributed by atoms with Gasteiger partial charge in [0.25, 0.3) is 5.91 Å². The molecule has 0 bridgehead atoms. The van der Waals surface area contributed by atoms with Gasteiger partial charge in [0, 0.05) is 19.3 Å². The van der Waals surface area contributed by atoms with E-state index in [1.54, 1.807) is 0 Å². The number of carbonyl (C=O) groups excluding carboxylic acids is 1. The molecule has 1 aromatic carbocycles. The number of hydrazine groups is 1. The molecule has 0 spiro atoms. The van der Waals surface area contributed by atoms with Crippen LogP contribution in [-0.2, 0) is 15.7 Å². The molecule has 1 aromatic rings. The van der Waals surface area contributed by atoms with Gasteiger partial charge in [0.1, 0.15) is 23.9 Å². The number of rotatable bonds is 5. The highest BCUT2D eigenvalue weighted by Crippen LogP contribution is 2.43. The Kier molecular flexibility index (Phi) is 5.70. The van der Waals surface area contributed by atoms with Crippen molar-refractivity contribution in [2.75, 3.05) is 37.9 Å². The predicted molar refractivity (Wildman–Crippen MR) is 110 cm³/mol. The number of nitrogens with one attached hydrogen (secondary N) is 3. The summed E-state index contributed by atoms with van der Waals surface area (Å²) >= 11 is 6.30. The molecule has 12 heteroatoms. The van der Waals surface area contributed by atoms with Gasteiger partial charge in [0.05, 0.1) is 36.0 Å². The molecule has 3 fully saturated rings. The van der Waals surface area contributed by atoms with Crippen LogP contribution in [0.25, 0.3) is 0 Å². The fourth-order valence-electron chi connectivity index (χ4n) is 3.92. The molecule has 3 N–H and O–H groups in total. The first-order valence-corrected chi connectivity index (χ1v) is 10.9. The Labute approximate surface area is 187 Å². The molecule has 3 heterocycles. The molecule has 2 atom stereocenters. The van der Waals surface area contributed by atoms with Gasteiger partial charge in [-0.2, -0.15) is 13.2 Å². The maximum atomic E-state index is 13.3. The number of ether oxygens (including phenoxy) is 2. The number of benzene rings is 1. The number of morpholine rings is 1. The Morgan fingerprint density at radius 1 is 1.22 bits per heavy atom. The summed E-state index contributed by atoms with van der Waals surface area (Å²) in [7, 11) is 0. The van der Waals surface area contributed by atoms with Crippen LogP contribution in [-0.4, -0.2) is 56.2 Å². The Balaban J connectivity index is 1.40. The molecule has 174 valence electrons. The molecule has 0 radical (unpaired) electrons. The average molecular weight is 474 g/mol. The van der Waals surface area contributed by atoms with Crippen molar-refractivity contribution in [1.29, 1.82) is 0 Å². The minimum atomic E-state index is -4.56. The quantitative estimate of drug-likeness (QED) is 0.604. The minimum absolute atomic E-state index is 0.0184. The predicted octanol–water partition coefficient (Wildman–Crippen LogP) is 2.02. The highest BCUT2D eigenvalue weighted by molar-refractivity contribution is 6.33. The largest absolute Gasteiger partial charge is 0.491 e. The summed E-state index contributed by atoms with van der Waals surface area (Å²) in [4.78, 5) is 14.8. The highest BCUT2D eigenvalue weighted by Gasteiger charge is 2.40. The summed E-state index contributed by atoms with van der Waals surface area (Å²) in [6.07, 6.45) is -1.98. The van der Waals surface area contributed by atoms with Gasteiger partial charge in [-0.15, -0.1) is 0 Å². The Morgan fingerprint density at radius 2 is 1.97 bits per heavy atom. The van der Waals surface area contributed by atoms with E-state index in [1.807, 2.05) is 0 Å². The van der Waals surface area contributed by atoms with E-state index < -0.39 is 24.2 Å². The zero-order chi connectivity index (χ0) is 22.5. The SMILES string of the molecule is O=C1NC(N2CCOCC2)NC2NN(c3c(Cl)cc(C(F)(F)F)cc3OCC3CC3)C=C12. The first-order valence-electron chi connectivity index (χ1n) is 10.5. The van der Waals surface area contributed by atoms with Crippen molar-refractivity contribution in [3.05, 3.63) is 34.5 Å². The van der Waals surface area contributed by atoms with E-state index >= 15 is 0 Å². The van der Waals surface area contributed by atoms with Crippen LogP contribution in [0, 0.1) is 5.92 Å². The molecule has 5 rings (SSSR count). The number of amides is 1. The van der Waals surface area contributed by atoms with Crippen LogP contribution < -0.4 is 25.8 Å². The molecule has 8 nitrogen and oxygen atoms in total. The molecule has 3 aliphatic heterocycles. The molecule has 4 aliphatic rings. The number of carbonyl (C=O) groups is 1. The van der Waals surface area contributed by atoms with Crippen molar-refractivity contribution in [2.45, 2.75) is 31.5 Å². The second kappa shape index (κ2) is 8.38. The van der Waals surface area contributed by atoms with Crippen LogP contribution in [0.5, 0.6) is 5.75 Å². The van der Waals surface area contributed by atoms with E-state index in [0.717, 1.165) is 25.0 Å². The van der Waals surface area contributed by atoms with Crippen molar-refractivity contribution < 1.29 is 27.4 Å². The van der Waals surface area contributed by atoms with E-state index in [1.165, 1.54) is 11.2 Å². The van der Waals surface area contributed by atoms with Gasteiger partial charge in [0.15, 0.2) is 0 Å². The van der Waals surface area contributed by atoms with Gasteiger partial charge < -0.3 is 14.8 Å². The summed E-state index contributed by atoms with van der Waals surface area (Å²) in [6.45, 7) is 2.79. The minimum Gasteiger partial charge on any atom is -0.491 e. The monoisotopic (exact) mass is 473 g/mol. The molecule has 2 unspecified atom stereocenters. The van der Waals surface area contributed by atoms with Gasteiger partial charge in [0.2, 0.25) is 0 Å². The van der Waals surface area contributed by atoms with Gasteiger partial charge in [-0.05, 0) is 30.9 Å². The highest BCUT2D eigenvalue weighted by atomic mass is 35.5. The fraction of sp³-hybridized carbons (Fsp3) is 0.550. The van der Waals surface area contributed by atoms with Gasteiger partial charge >= 0.3 is 6.18 Å². The van der Waals surface area contributed by atoms with Crippen molar-refractivity contribution in [2.24, 2.45) is 5.92 Å². The molecule has 1 aliphatic carbocycles. The maximum Gasteiger partial charge on any atom is 0.416 e. The summed E-state index contributed by atoms with van der Waals surface area (Å²) in [5.41, 5.74) is 2.87. The van der Waals surface area contributed by atoms with E-state index in [9.17, 15) is 18.0 Å². The normalized spacial score (nSPS) is 26.6. The van der Waals surface area contributed by atoms with Gasteiger partial charge in [-0.3, -0.25) is 20.0 Å². The third-order valence-electron chi connectivity index (χ3n) is 5.88. The maximum absolute atomic E-state index is 13.3. The van der Waals surface area contributed by atoms with E-state index in [0.29, 0.717) is 44.4 Å². The molecular formula is C20H23ClF3N5O3. The van der Waals surface area contributed by atoms with Crippen LogP contribution in [0.2, 0.25) is 5.02 Å². The number of nitrogens with zero attached hydrogens (tertiary/aromatic N) is 2. The van der Waals surface area contributed by atoms with Crippen molar-refractivity contribution >= 4 is 23.2 Å². The van der Waals surface area contributed by atoms with Crippen LogP contribution >= 0.6 is 11.6 Å². The summed E-state index contributed by atoms with van der Waals surface area (Å²) in [6, 6.07) is 1.82. The fourth-order valence-corrected chi connectivity index (χ4v) is 4.22. The third-order valence-corrected chi connectivity index (χ3v) is 6.17. The number of halogens is 4. The number of hydrogen-bond acceptors (Lipinski definition) is 7. The lowest BCUT2D eigenvalue weighted by Gasteiger charge is -2.40.